The molecule has 1 saturated heterocycles. The van der Waals surface area contributed by atoms with Crippen LogP contribution in [0.25, 0.3) is 0 Å². The molecule has 0 spiro atoms. The molecule has 1 radical (unpaired) electrons. The van der Waals surface area contributed by atoms with E-state index in [9.17, 15) is 13.2 Å². The Bertz CT molecular complexity index is 692. The van der Waals surface area contributed by atoms with Gasteiger partial charge in [-0.1, -0.05) is 17.7 Å². The standard InChI is InChI=1S/C16H22ClN2O4S/c1-16(2,3)23-15(20)18-12-8-10-19(11-9-12)24(21,22)14-7-5-4-6-13(14)17/h4,6-7,12H,8-11H2,1-3H3,(H,18,20). The molecule has 1 N–H and O–H groups in total. The summed E-state index contributed by atoms with van der Waals surface area (Å²) in [7, 11) is -3.65. The van der Waals surface area contributed by atoms with Crippen molar-refractivity contribution in [2.45, 2.75) is 50.2 Å². The monoisotopic (exact) mass is 373 g/mol. The Morgan fingerprint density at radius 1 is 1.38 bits per heavy atom. The van der Waals surface area contributed by atoms with Crippen molar-refractivity contribution in [3.63, 3.8) is 0 Å². The number of ether oxygens (including phenoxy) is 1. The van der Waals surface area contributed by atoms with E-state index in [4.69, 9.17) is 16.3 Å². The van der Waals surface area contributed by atoms with Gasteiger partial charge in [0.15, 0.2) is 0 Å². The van der Waals surface area contributed by atoms with E-state index >= 15 is 0 Å². The van der Waals surface area contributed by atoms with Gasteiger partial charge in [-0.2, -0.15) is 4.31 Å². The quantitative estimate of drug-likeness (QED) is 0.883. The van der Waals surface area contributed by atoms with Gasteiger partial charge in [-0.05, 0) is 51.8 Å². The average molecular weight is 374 g/mol. The Morgan fingerprint density at radius 2 is 2.00 bits per heavy atom. The average Bonchev–Trinajstić information content (AvgIpc) is 2.46. The van der Waals surface area contributed by atoms with Gasteiger partial charge in [-0.25, -0.2) is 13.2 Å². The minimum Gasteiger partial charge on any atom is -0.444 e. The van der Waals surface area contributed by atoms with Crippen LogP contribution in [0.3, 0.4) is 0 Å². The third-order valence-electron chi connectivity index (χ3n) is 3.57. The van der Waals surface area contributed by atoms with Crippen LogP contribution in [0.1, 0.15) is 33.6 Å². The molecule has 1 aromatic carbocycles. The van der Waals surface area contributed by atoms with Crippen LogP contribution < -0.4 is 5.32 Å². The van der Waals surface area contributed by atoms with Gasteiger partial charge >= 0.3 is 6.09 Å². The molecule has 0 aromatic heterocycles. The second-order valence-corrected chi connectivity index (χ2v) is 8.99. The molecule has 0 unspecified atom stereocenters. The van der Waals surface area contributed by atoms with Gasteiger partial charge in [0, 0.05) is 19.1 Å². The number of nitrogens with zero attached hydrogens (tertiary/aromatic N) is 1. The van der Waals surface area contributed by atoms with Crippen molar-refractivity contribution in [3.8, 4) is 0 Å². The van der Waals surface area contributed by atoms with Crippen LogP contribution in [0.5, 0.6) is 0 Å². The van der Waals surface area contributed by atoms with Crippen LogP contribution in [0.4, 0.5) is 4.79 Å². The van der Waals surface area contributed by atoms with E-state index in [2.05, 4.69) is 11.4 Å². The predicted molar refractivity (Wildman–Crippen MR) is 91.4 cm³/mol. The zero-order chi connectivity index (χ0) is 18.0. The molecule has 0 saturated carbocycles. The number of nitrogens with one attached hydrogen (secondary N) is 1. The molecule has 0 atom stereocenters. The molecule has 1 aliphatic heterocycles. The molecule has 6 nitrogen and oxygen atoms in total. The van der Waals surface area contributed by atoms with E-state index in [0.29, 0.717) is 25.9 Å². The van der Waals surface area contributed by atoms with Gasteiger partial charge < -0.3 is 10.1 Å². The molecule has 133 valence electrons. The highest BCUT2D eigenvalue weighted by atomic mass is 35.5. The number of benzene rings is 1. The lowest BCUT2D eigenvalue weighted by Gasteiger charge is -2.32. The van der Waals surface area contributed by atoms with Gasteiger partial charge in [0.25, 0.3) is 0 Å². The van der Waals surface area contributed by atoms with Gasteiger partial charge in [-0.15, -0.1) is 0 Å². The van der Waals surface area contributed by atoms with Crippen LogP contribution in [0.15, 0.2) is 23.1 Å². The van der Waals surface area contributed by atoms with Crippen LogP contribution in [-0.4, -0.2) is 43.5 Å². The van der Waals surface area contributed by atoms with E-state index in [1.54, 1.807) is 26.8 Å². The van der Waals surface area contributed by atoms with Crippen molar-refractivity contribution < 1.29 is 17.9 Å². The lowest BCUT2D eigenvalue weighted by Crippen LogP contribution is -2.47. The fraction of sp³-hybridized carbons (Fsp3) is 0.562. The molecule has 1 amide bonds. The van der Waals surface area contributed by atoms with Crippen molar-refractivity contribution in [3.05, 3.63) is 29.3 Å². The molecule has 1 heterocycles. The zero-order valence-electron chi connectivity index (χ0n) is 14.0. The number of rotatable bonds is 3. The summed E-state index contributed by atoms with van der Waals surface area (Å²) in [5, 5.41) is 2.97. The number of hydrogen-bond donors (Lipinski definition) is 1. The van der Waals surface area contributed by atoms with Crippen molar-refractivity contribution in [2.24, 2.45) is 0 Å². The SMILES string of the molecule is CC(C)(C)OC(=O)NC1CCN(S(=O)(=O)c2c[c]ccc2Cl)CC1. The smallest absolute Gasteiger partial charge is 0.407 e. The van der Waals surface area contributed by atoms with Crippen LogP contribution in [-0.2, 0) is 14.8 Å². The van der Waals surface area contributed by atoms with E-state index < -0.39 is 21.7 Å². The number of alkyl carbamates (subject to hydrolysis) is 1. The number of carbonyl (C=O) groups is 1. The lowest BCUT2D eigenvalue weighted by atomic mass is 10.1. The summed E-state index contributed by atoms with van der Waals surface area (Å²) in [6.07, 6.45) is 0.559. The predicted octanol–water partition coefficient (Wildman–Crippen LogP) is 2.82. The number of halogens is 1. The third-order valence-corrected chi connectivity index (χ3v) is 5.95. The number of piperidine rings is 1. The van der Waals surface area contributed by atoms with Crippen LogP contribution in [0, 0.1) is 6.07 Å². The number of carbonyl (C=O) groups excluding carboxylic acids is 1. The molecular weight excluding hydrogens is 352 g/mol. The Labute approximate surface area is 148 Å². The first-order chi connectivity index (χ1) is 11.1. The molecule has 2 rings (SSSR count). The molecule has 8 heteroatoms. The molecule has 0 bridgehead atoms. The molecule has 24 heavy (non-hydrogen) atoms. The first-order valence-corrected chi connectivity index (χ1v) is 9.57. The zero-order valence-corrected chi connectivity index (χ0v) is 15.6. The minimum atomic E-state index is -3.65. The summed E-state index contributed by atoms with van der Waals surface area (Å²) in [6, 6.07) is 7.08. The van der Waals surface area contributed by atoms with E-state index in [-0.39, 0.29) is 16.0 Å². The van der Waals surface area contributed by atoms with E-state index in [1.165, 1.54) is 16.4 Å². The number of hydrogen-bond acceptors (Lipinski definition) is 4. The van der Waals surface area contributed by atoms with Gasteiger partial charge in [0.1, 0.15) is 10.5 Å². The van der Waals surface area contributed by atoms with Crippen LogP contribution in [0.2, 0.25) is 5.02 Å². The molecule has 0 aliphatic carbocycles. The molecule has 1 fully saturated rings. The van der Waals surface area contributed by atoms with Crippen molar-refractivity contribution >= 4 is 27.7 Å². The third kappa shape index (κ3) is 4.84. The Morgan fingerprint density at radius 3 is 2.54 bits per heavy atom. The number of sulfonamides is 1. The highest BCUT2D eigenvalue weighted by Crippen LogP contribution is 2.26. The fourth-order valence-electron chi connectivity index (χ4n) is 2.45. The lowest BCUT2D eigenvalue weighted by molar-refractivity contribution is 0.0489. The molecular formula is C16H22ClN2O4S. The van der Waals surface area contributed by atoms with Gasteiger partial charge in [0.05, 0.1) is 5.02 Å². The normalized spacial score (nSPS) is 17.5. The largest absolute Gasteiger partial charge is 0.444 e. The summed E-state index contributed by atoms with van der Waals surface area (Å²) in [6.45, 7) is 6.01. The first kappa shape index (κ1) is 19.0. The molecule has 1 aromatic rings. The van der Waals surface area contributed by atoms with Crippen molar-refractivity contribution in [1.29, 1.82) is 0 Å². The summed E-state index contributed by atoms with van der Waals surface area (Å²) in [4.78, 5) is 11.8. The Hall–Kier alpha value is -1.31. The fourth-order valence-corrected chi connectivity index (χ4v) is 4.36. The van der Waals surface area contributed by atoms with Crippen LogP contribution >= 0.6 is 11.6 Å². The Balaban J connectivity index is 1.95. The van der Waals surface area contributed by atoms with Gasteiger partial charge in [-0.3, -0.25) is 0 Å². The second-order valence-electron chi connectivity index (χ2n) is 6.68. The molecule has 1 aliphatic rings. The maximum Gasteiger partial charge on any atom is 0.407 e. The maximum atomic E-state index is 12.6. The minimum absolute atomic E-state index is 0.0604. The van der Waals surface area contributed by atoms with Gasteiger partial charge in [0.2, 0.25) is 10.0 Å². The summed E-state index contributed by atoms with van der Waals surface area (Å²) in [5.41, 5.74) is -0.561. The van der Waals surface area contributed by atoms with Crippen molar-refractivity contribution in [1.82, 2.24) is 9.62 Å². The van der Waals surface area contributed by atoms with E-state index in [0.717, 1.165) is 0 Å². The summed E-state index contributed by atoms with van der Waals surface area (Å²) in [5.74, 6) is 0. The second kappa shape index (κ2) is 7.29. The number of amides is 1. The highest BCUT2D eigenvalue weighted by molar-refractivity contribution is 7.89. The topological polar surface area (TPSA) is 75.7 Å². The van der Waals surface area contributed by atoms with Crippen molar-refractivity contribution in [2.75, 3.05) is 13.1 Å². The first-order valence-electron chi connectivity index (χ1n) is 7.75. The summed E-state index contributed by atoms with van der Waals surface area (Å²) >= 11 is 5.99. The maximum absolute atomic E-state index is 12.6. The highest BCUT2D eigenvalue weighted by Gasteiger charge is 2.31. The Kier molecular flexibility index (Phi) is 5.78. The van der Waals surface area contributed by atoms with E-state index in [1.807, 2.05) is 0 Å². The summed E-state index contributed by atoms with van der Waals surface area (Å²) < 4.78 is 31.9.